The van der Waals surface area contributed by atoms with Crippen molar-refractivity contribution in [1.82, 2.24) is 0 Å². The average molecular weight is 185 g/mol. The van der Waals surface area contributed by atoms with Gasteiger partial charge in [-0.1, -0.05) is 19.6 Å². The predicted octanol–water partition coefficient (Wildman–Crippen LogP) is 1.73. The first-order valence-corrected chi connectivity index (χ1v) is 7.16. The Morgan fingerprint density at radius 3 is 2.25 bits per heavy atom. The van der Waals surface area contributed by atoms with Gasteiger partial charge in [-0.05, 0) is 6.07 Å². The second kappa shape index (κ2) is 2.74. The summed E-state index contributed by atoms with van der Waals surface area (Å²) < 4.78 is 5.07. The van der Waals surface area contributed by atoms with Crippen molar-refractivity contribution in [2.45, 2.75) is 19.6 Å². The van der Waals surface area contributed by atoms with E-state index in [0.29, 0.717) is 0 Å². The lowest BCUT2D eigenvalue weighted by Gasteiger charge is -2.09. The van der Waals surface area contributed by atoms with Crippen LogP contribution in [0.15, 0.2) is 16.5 Å². The lowest BCUT2D eigenvalue weighted by molar-refractivity contribution is -0.401. The zero-order valence-corrected chi connectivity index (χ0v) is 8.33. The second-order valence-electron chi connectivity index (χ2n) is 3.64. The number of rotatable bonds is 2. The fourth-order valence-corrected chi connectivity index (χ4v) is 1.82. The van der Waals surface area contributed by atoms with Gasteiger partial charge in [-0.2, -0.15) is 0 Å². The summed E-state index contributed by atoms with van der Waals surface area (Å²) >= 11 is 0. The Bertz CT molecular complexity index is 300. The molecule has 0 aliphatic rings. The van der Waals surface area contributed by atoms with Gasteiger partial charge in [0.05, 0.1) is 11.4 Å². The minimum atomic E-state index is -1.53. The van der Waals surface area contributed by atoms with E-state index in [1.807, 2.05) is 0 Å². The summed E-state index contributed by atoms with van der Waals surface area (Å²) in [5.74, 6) is -0.160. The molecule has 4 nitrogen and oxygen atoms in total. The number of hydrogen-bond acceptors (Lipinski definition) is 3. The van der Waals surface area contributed by atoms with Crippen LogP contribution in [0.3, 0.4) is 0 Å². The molecule has 12 heavy (non-hydrogen) atoms. The van der Waals surface area contributed by atoms with Crippen LogP contribution in [0.1, 0.15) is 0 Å². The topological polar surface area (TPSA) is 56.3 Å². The Morgan fingerprint density at radius 1 is 1.42 bits per heavy atom. The minimum absolute atomic E-state index is 0.160. The van der Waals surface area contributed by atoms with Gasteiger partial charge in [0.2, 0.25) is 0 Å². The zero-order chi connectivity index (χ0) is 9.35. The van der Waals surface area contributed by atoms with Crippen molar-refractivity contribution in [3.63, 3.8) is 0 Å². The van der Waals surface area contributed by atoms with Crippen LogP contribution in [0.5, 0.6) is 0 Å². The van der Waals surface area contributed by atoms with Crippen molar-refractivity contribution in [3.8, 4) is 0 Å². The molecule has 66 valence electrons. The van der Waals surface area contributed by atoms with Crippen LogP contribution in [0, 0.1) is 10.1 Å². The Kier molecular flexibility index (Phi) is 2.06. The molecule has 0 spiro atoms. The third kappa shape index (κ3) is 1.73. The van der Waals surface area contributed by atoms with Gasteiger partial charge in [0.15, 0.2) is 0 Å². The first-order valence-electron chi connectivity index (χ1n) is 3.66. The van der Waals surface area contributed by atoms with E-state index in [9.17, 15) is 10.1 Å². The maximum absolute atomic E-state index is 10.3. The SMILES string of the molecule is C[Si](C)(C)c1ccc([N+](=O)[O-])o1. The highest BCUT2D eigenvalue weighted by molar-refractivity contribution is 6.87. The smallest absolute Gasteiger partial charge is 0.411 e. The molecule has 0 aliphatic carbocycles. The third-order valence-electron chi connectivity index (χ3n) is 1.51. The summed E-state index contributed by atoms with van der Waals surface area (Å²) in [6, 6.07) is 3.11. The van der Waals surface area contributed by atoms with Crippen molar-refractivity contribution < 1.29 is 9.34 Å². The van der Waals surface area contributed by atoms with Crippen molar-refractivity contribution in [3.05, 3.63) is 22.2 Å². The molecule has 0 aliphatic heterocycles. The Labute approximate surface area is 71.4 Å². The molecule has 1 rings (SSSR count). The Hall–Kier alpha value is -1.10. The molecule has 0 amide bonds. The van der Waals surface area contributed by atoms with E-state index < -0.39 is 13.0 Å². The normalized spacial score (nSPS) is 11.6. The van der Waals surface area contributed by atoms with Gasteiger partial charge < -0.3 is 4.42 Å². The zero-order valence-electron chi connectivity index (χ0n) is 7.33. The minimum Gasteiger partial charge on any atom is -0.411 e. The highest BCUT2D eigenvalue weighted by Crippen LogP contribution is 2.12. The highest BCUT2D eigenvalue weighted by Gasteiger charge is 2.23. The van der Waals surface area contributed by atoms with Crippen molar-refractivity contribution in [1.29, 1.82) is 0 Å². The van der Waals surface area contributed by atoms with E-state index in [2.05, 4.69) is 19.6 Å². The molecule has 0 saturated heterocycles. The Morgan fingerprint density at radius 2 is 2.00 bits per heavy atom. The Balaban J connectivity index is 3.00. The molecule has 0 aromatic carbocycles. The largest absolute Gasteiger partial charge is 0.432 e. The van der Waals surface area contributed by atoms with Gasteiger partial charge in [-0.25, -0.2) is 0 Å². The molecule has 1 aromatic heterocycles. The van der Waals surface area contributed by atoms with Crippen LogP contribution < -0.4 is 5.38 Å². The molecular weight excluding hydrogens is 174 g/mol. The summed E-state index contributed by atoms with van der Waals surface area (Å²) in [6.07, 6.45) is 0. The standard InChI is InChI=1S/C7H11NO3Si/c1-12(2,3)7-5-4-6(11-7)8(9)10/h4-5H,1-3H3. The molecular formula is C7H11NO3Si. The van der Waals surface area contributed by atoms with Crippen LogP contribution in [0.2, 0.25) is 19.6 Å². The molecule has 0 radical (unpaired) electrons. The summed E-state index contributed by atoms with van der Waals surface area (Å²) in [7, 11) is -1.53. The van der Waals surface area contributed by atoms with Crippen LogP contribution >= 0.6 is 0 Å². The molecule has 5 heteroatoms. The van der Waals surface area contributed by atoms with Gasteiger partial charge >= 0.3 is 5.88 Å². The van der Waals surface area contributed by atoms with Crippen molar-refractivity contribution >= 4 is 19.3 Å². The van der Waals surface area contributed by atoms with Crippen LogP contribution in [-0.2, 0) is 0 Å². The average Bonchev–Trinajstić information content (AvgIpc) is 2.30. The van der Waals surface area contributed by atoms with Crippen molar-refractivity contribution in [2.75, 3.05) is 0 Å². The van der Waals surface area contributed by atoms with E-state index >= 15 is 0 Å². The summed E-state index contributed by atoms with van der Waals surface area (Å²) in [4.78, 5) is 9.76. The van der Waals surface area contributed by atoms with Gasteiger partial charge in [0.25, 0.3) is 0 Å². The molecule has 1 heterocycles. The lowest BCUT2D eigenvalue weighted by atomic mass is 10.6. The maximum Gasteiger partial charge on any atom is 0.432 e. The highest BCUT2D eigenvalue weighted by atomic mass is 28.3. The van der Waals surface area contributed by atoms with E-state index in [0.717, 1.165) is 5.38 Å². The van der Waals surface area contributed by atoms with Gasteiger partial charge in [0, 0.05) is 0 Å². The van der Waals surface area contributed by atoms with Crippen LogP contribution in [0.4, 0.5) is 5.88 Å². The number of nitrogens with zero attached hydrogens (tertiary/aromatic N) is 1. The lowest BCUT2D eigenvalue weighted by Crippen LogP contribution is -2.36. The fourth-order valence-electron chi connectivity index (χ4n) is 0.829. The molecule has 0 fully saturated rings. The van der Waals surface area contributed by atoms with Crippen LogP contribution in [0.25, 0.3) is 0 Å². The molecule has 1 aromatic rings. The first kappa shape index (κ1) is 8.99. The number of furan rings is 1. The first-order chi connectivity index (χ1) is 5.41. The van der Waals surface area contributed by atoms with E-state index in [1.165, 1.54) is 6.07 Å². The molecule has 0 unspecified atom stereocenters. The molecule has 0 bridgehead atoms. The summed E-state index contributed by atoms with van der Waals surface area (Å²) in [5.41, 5.74) is 0. The fraction of sp³-hybridized carbons (Fsp3) is 0.429. The van der Waals surface area contributed by atoms with Gasteiger partial charge in [0.1, 0.15) is 13.0 Å². The van der Waals surface area contributed by atoms with Crippen molar-refractivity contribution in [2.24, 2.45) is 0 Å². The molecule has 0 N–H and O–H groups in total. The number of nitro groups is 1. The van der Waals surface area contributed by atoms with Gasteiger partial charge in [-0.15, -0.1) is 0 Å². The van der Waals surface area contributed by atoms with E-state index in [-0.39, 0.29) is 5.88 Å². The molecule has 0 atom stereocenters. The number of hydrogen-bond donors (Lipinski definition) is 0. The second-order valence-corrected chi connectivity index (χ2v) is 8.64. The quantitative estimate of drug-likeness (QED) is 0.400. The van der Waals surface area contributed by atoms with Crippen LogP contribution in [-0.4, -0.2) is 13.0 Å². The van der Waals surface area contributed by atoms with E-state index in [1.54, 1.807) is 6.07 Å². The van der Waals surface area contributed by atoms with Gasteiger partial charge in [-0.3, -0.25) is 10.1 Å². The summed E-state index contributed by atoms with van der Waals surface area (Å²) in [6.45, 7) is 6.24. The predicted molar refractivity (Wildman–Crippen MR) is 48.3 cm³/mol. The van der Waals surface area contributed by atoms with E-state index in [4.69, 9.17) is 4.42 Å². The maximum atomic E-state index is 10.3. The third-order valence-corrected chi connectivity index (χ3v) is 3.26. The molecule has 0 saturated carbocycles. The summed E-state index contributed by atoms with van der Waals surface area (Å²) in [5, 5.41) is 11.0. The monoisotopic (exact) mass is 185 g/mol.